The minimum atomic E-state index is -0.794. The molecule has 0 N–H and O–H groups in total. The second-order valence-corrected chi connectivity index (χ2v) is 12.1. The largest absolute Gasteiger partial charge is 0.478 e. The number of ether oxygens (including phenoxy) is 3. The highest BCUT2D eigenvalue weighted by molar-refractivity contribution is 6.04. The number of amides is 2. The average molecular weight is 558 g/mol. The molecule has 0 aliphatic carbocycles. The first-order chi connectivity index (χ1) is 18.6. The fourth-order valence-electron chi connectivity index (χ4n) is 4.71. The first-order valence-electron chi connectivity index (χ1n) is 13.2. The van der Waals surface area contributed by atoms with Crippen LogP contribution in [0.2, 0.25) is 0 Å². The van der Waals surface area contributed by atoms with Gasteiger partial charge >= 0.3 is 12.2 Å². The number of aryl methyl sites for hydroxylation is 2. The van der Waals surface area contributed by atoms with Crippen molar-refractivity contribution in [2.45, 2.75) is 65.7 Å². The number of nitrogens with zero attached hydrogens (tertiary/aromatic N) is 7. The molecule has 1 aliphatic heterocycles. The zero-order chi connectivity index (χ0) is 29.6. The highest BCUT2D eigenvalue weighted by Crippen LogP contribution is 2.37. The van der Waals surface area contributed by atoms with E-state index in [1.165, 1.54) is 23.0 Å². The SMILES string of the molecule is COc1nn(C)cc1N(C(=O)OC(C)(C)C)c1cn(CC2CCN(C(=O)OC(C)(C)C)C2)c(=O)c2c1ncn2C. The number of pyridine rings is 1. The molecule has 2 amide bonds. The van der Waals surface area contributed by atoms with Gasteiger partial charge < -0.3 is 28.2 Å². The molecule has 1 atom stereocenters. The lowest BCUT2D eigenvalue weighted by atomic mass is 10.1. The summed E-state index contributed by atoms with van der Waals surface area (Å²) in [7, 11) is 4.91. The summed E-state index contributed by atoms with van der Waals surface area (Å²) in [5.74, 6) is 0.214. The number of hydrogen-bond acceptors (Lipinski definition) is 8. The molecule has 13 nitrogen and oxygen atoms in total. The Labute approximate surface area is 233 Å². The second kappa shape index (κ2) is 10.5. The van der Waals surface area contributed by atoms with Crippen molar-refractivity contribution >= 4 is 34.6 Å². The van der Waals surface area contributed by atoms with Crippen LogP contribution in [0.3, 0.4) is 0 Å². The molecule has 1 fully saturated rings. The van der Waals surface area contributed by atoms with E-state index in [4.69, 9.17) is 14.2 Å². The van der Waals surface area contributed by atoms with Crippen LogP contribution in [0.15, 0.2) is 23.5 Å². The van der Waals surface area contributed by atoms with Crippen LogP contribution in [0.1, 0.15) is 48.0 Å². The number of carbonyl (C=O) groups is 2. The lowest BCUT2D eigenvalue weighted by Crippen LogP contribution is -2.36. The van der Waals surface area contributed by atoms with E-state index in [-0.39, 0.29) is 23.5 Å². The van der Waals surface area contributed by atoms with Gasteiger partial charge in [0.2, 0.25) is 0 Å². The monoisotopic (exact) mass is 557 g/mol. The molecule has 40 heavy (non-hydrogen) atoms. The Morgan fingerprint density at radius 3 is 2.35 bits per heavy atom. The van der Waals surface area contributed by atoms with Gasteiger partial charge in [0.15, 0.2) is 0 Å². The third-order valence-corrected chi connectivity index (χ3v) is 6.34. The molecular weight excluding hydrogens is 518 g/mol. The molecule has 4 heterocycles. The molecule has 4 rings (SSSR count). The molecule has 218 valence electrons. The van der Waals surface area contributed by atoms with Gasteiger partial charge in [-0.25, -0.2) is 19.5 Å². The molecule has 1 saturated heterocycles. The molecule has 3 aromatic heterocycles. The smallest absolute Gasteiger partial charge is 0.419 e. The number of fused-ring (bicyclic) bond motifs is 1. The van der Waals surface area contributed by atoms with E-state index in [1.807, 2.05) is 20.8 Å². The van der Waals surface area contributed by atoms with Gasteiger partial charge in [-0.15, -0.1) is 5.10 Å². The van der Waals surface area contributed by atoms with E-state index in [2.05, 4.69) is 10.1 Å². The molecule has 1 unspecified atom stereocenters. The molecule has 0 aromatic carbocycles. The molecule has 0 radical (unpaired) electrons. The number of aromatic nitrogens is 5. The van der Waals surface area contributed by atoms with Crippen molar-refractivity contribution in [1.29, 1.82) is 0 Å². The molecular formula is C27H39N7O6. The van der Waals surface area contributed by atoms with Crippen molar-refractivity contribution in [3.63, 3.8) is 0 Å². The lowest BCUT2D eigenvalue weighted by Gasteiger charge is -2.27. The maximum absolute atomic E-state index is 13.7. The minimum Gasteiger partial charge on any atom is -0.478 e. The highest BCUT2D eigenvalue weighted by atomic mass is 16.6. The summed E-state index contributed by atoms with van der Waals surface area (Å²) in [6.07, 6.45) is 4.45. The third kappa shape index (κ3) is 6.07. The molecule has 0 saturated carbocycles. The van der Waals surface area contributed by atoms with Crippen LogP contribution >= 0.6 is 0 Å². The number of rotatable bonds is 5. The van der Waals surface area contributed by atoms with Crippen molar-refractivity contribution in [2.24, 2.45) is 20.0 Å². The van der Waals surface area contributed by atoms with E-state index in [9.17, 15) is 14.4 Å². The number of carbonyl (C=O) groups excluding carboxylic acids is 2. The Bertz CT molecular complexity index is 1470. The molecule has 0 bridgehead atoms. The van der Waals surface area contributed by atoms with Crippen LogP contribution < -0.4 is 15.2 Å². The molecule has 3 aromatic rings. The van der Waals surface area contributed by atoms with Gasteiger partial charge in [0.1, 0.15) is 27.9 Å². The summed E-state index contributed by atoms with van der Waals surface area (Å²) in [5.41, 5.74) is -0.289. The highest BCUT2D eigenvalue weighted by Gasteiger charge is 2.34. The fraction of sp³-hybridized carbons (Fsp3) is 0.593. The van der Waals surface area contributed by atoms with Gasteiger partial charge in [-0.1, -0.05) is 0 Å². The van der Waals surface area contributed by atoms with E-state index in [0.29, 0.717) is 48.5 Å². The Kier molecular flexibility index (Phi) is 7.61. The van der Waals surface area contributed by atoms with Crippen LogP contribution in [0.4, 0.5) is 21.0 Å². The summed E-state index contributed by atoms with van der Waals surface area (Å²) in [4.78, 5) is 47.4. The first kappa shape index (κ1) is 29.0. The van der Waals surface area contributed by atoms with E-state index >= 15 is 0 Å². The third-order valence-electron chi connectivity index (χ3n) is 6.34. The predicted molar refractivity (Wildman–Crippen MR) is 149 cm³/mol. The van der Waals surface area contributed by atoms with E-state index in [1.54, 1.807) is 61.3 Å². The summed E-state index contributed by atoms with van der Waals surface area (Å²) >= 11 is 0. The zero-order valence-corrected chi connectivity index (χ0v) is 24.7. The summed E-state index contributed by atoms with van der Waals surface area (Å²) < 4.78 is 21.5. The average Bonchev–Trinajstić information content (AvgIpc) is 3.53. The Morgan fingerprint density at radius 1 is 1.05 bits per heavy atom. The maximum atomic E-state index is 13.7. The number of anilines is 2. The van der Waals surface area contributed by atoms with Gasteiger partial charge in [-0.05, 0) is 53.9 Å². The Balaban J connectivity index is 1.78. The number of hydrogen-bond donors (Lipinski definition) is 0. The van der Waals surface area contributed by atoms with Crippen LogP contribution in [0.5, 0.6) is 5.88 Å². The van der Waals surface area contributed by atoms with E-state index < -0.39 is 17.3 Å². The Morgan fingerprint density at radius 2 is 1.73 bits per heavy atom. The zero-order valence-electron chi connectivity index (χ0n) is 24.7. The predicted octanol–water partition coefficient (Wildman–Crippen LogP) is 3.81. The van der Waals surface area contributed by atoms with Gasteiger partial charge in [0, 0.05) is 39.9 Å². The normalized spacial score (nSPS) is 15.9. The number of methoxy groups -OCH3 is 1. The van der Waals surface area contributed by atoms with Crippen molar-refractivity contribution in [1.82, 2.24) is 28.8 Å². The van der Waals surface area contributed by atoms with Crippen LogP contribution in [0.25, 0.3) is 11.0 Å². The number of likely N-dealkylation sites (tertiary alicyclic amines) is 1. The maximum Gasteiger partial charge on any atom is 0.419 e. The lowest BCUT2D eigenvalue weighted by molar-refractivity contribution is 0.0286. The van der Waals surface area contributed by atoms with Gasteiger partial charge in [-0.2, -0.15) is 0 Å². The van der Waals surface area contributed by atoms with E-state index in [0.717, 1.165) is 0 Å². The van der Waals surface area contributed by atoms with Gasteiger partial charge in [0.25, 0.3) is 11.4 Å². The van der Waals surface area contributed by atoms with Crippen molar-refractivity contribution < 1.29 is 23.8 Å². The van der Waals surface area contributed by atoms with Crippen LogP contribution in [-0.2, 0) is 30.1 Å². The van der Waals surface area contributed by atoms with Crippen molar-refractivity contribution in [2.75, 3.05) is 25.1 Å². The number of imidazole rings is 1. The van der Waals surface area contributed by atoms with Gasteiger partial charge in [-0.3, -0.25) is 9.48 Å². The second-order valence-electron chi connectivity index (χ2n) is 12.1. The summed E-state index contributed by atoms with van der Waals surface area (Å²) in [6, 6.07) is 0. The van der Waals surface area contributed by atoms with Crippen molar-refractivity contribution in [3.05, 3.63) is 29.1 Å². The van der Waals surface area contributed by atoms with Crippen LogP contribution in [-0.4, -0.2) is 72.4 Å². The quantitative estimate of drug-likeness (QED) is 0.464. The van der Waals surface area contributed by atoms with Gasteiger partial charge in [0.05, 0.1) is 25.3 Å². The van der Waals surface area contributed by atoms with Crippen LogP contribution in [0, 0.1) is 5.92 Å². The fourth-order valence-corrected chi connectivity index (χ4v) is 4.71. The molecule has 0 spiro atoms. The first-order valence-corrected chi connectivity index (χ1v) is 13.2. The molecule has 1 aliphatic rings. The Hall–Kier alpha value is -4.03. The standard InChI is InChI=1S/C27H39N7O6/c1-26(2,3)39-24(36)32-11-10-17(12-32)13-33-15-18(20-21(23(33)35)30(7)16-28-20)34(25(37)40-27(4,5)6)19-14-31(8)29-22(19)38-9/h14-17H,10-13H2,1-9H3. The summed E-state index contributed by atoms with van der Waals surface area (Å²) in [6.45, 7) is 12.1. The summed E-state index contributed by atoms with van der Waals surface area (Å²) in [5, 5.41) is 4.31. The van der Waals surface area contributed by atoms with Crippen molar-refractivity contribution in [3.8, 4) is 5.88 Å². The minimum absolute atomic E-state index is 0.00616. The topological polar surface area (TPSA) is 126 Å². The molecule has 13 heteroatoms.